The molecule has 0 saturated carbocycles. The monoisotopic (exact) mass is 497 g/mol. The first-order valence-corrected chi connectivity index (χ1v) is 12.1. The van der Waals surface area contributed by atoms with Crippen molar-refractivity contribution in [1.29, 1.82) is 0 Å². The van der Waals surface area contributed by atoms with Crippen molar-refractivity contribution in [3.8, 4) is 11.1 Å². The van der Waals surface area contributed by atoms with Crippen LogP contribution in [0.2, 0.25) is 0 Å². The lowest BCUT2D eigenvalue weighted by Gasteiger charge is -2.13. The number of carbonyl (C=O) groups excluding carboxylic acids is 1. The van der Waals surface area contributed by atoms with Gasteiger partial charge in [0, 0.05) is 35.6 Å². The second kappa shape index (κ2) is 10.2. The number of nitrogens with zero attached hydrogens (tertiary/aromatic N) is 4. The van der Waals surface area contributed by atoms with Crippen LogP contribution >= 0.6 is 11.3 Å². The molecule has 2 heterocycles. The Morgan fingerprint density at radius 1 is 1.08 bits per heavy atom. The van der Waals surface area contributed by atoms with E-state index < -0.39 is 0 Å². The molecule has 36 heavy (non-hydrogen) atoms. The molecule has 0 radical (unpaired) electrons. The van der Waals surface area contributed by atoms with Gasteiger partial charge in [-0.1, -0.05) is 30.3 Å². The van der Waals surface area contributed by atoms with Gasteiger partial charge in [0.05, 0.1) is 24.3 Å². The fourth-order valence-electron chi connectivity index (χ4n) is 4.30. The largest absolute Gasteiger partial charge is 0.355 e. The molecule has 8 heteroatoms. The van der Waals surface area contributed by atoms with E-state index in [1.54, 1.807) is 30.6 Å². The summed E-state index contributed by atoms with van der Waals surface area (Å²) in [4.78, 5) is 24.3. The fraction of sp³-hybridized carbons (Fsp3) is 0.214. The van der Waals surface area contributed by atoms with Gasteiger partial charge in [-0.25, -0.2) is 19.1 Å². The molecule has 4 rings (SSSR count). The van der Waals surface area contributed by atoms with E-state index in [-0.39, 0.29) is 24.8 Å². The third-order valence-corrected chi connectivity index (χ3v) is 7.25. The van der Waals surface area contributed by atoms with Gasteiger partial charge in [0.2, 0.25) is 5.69 Å². The second-order valence-corrected chi connectivity index (χ2v) is 9.44. The van der Waals surface area contributed by atoms with Crippen LogP contribution in [0.1, 0.15) is 43.4 Å². The van der Waals surface area contributed by atoms with Crippen LogP contribution in [0, 0.1) is 46.7 Å². The molecule has 0 bridgehead atoms. The van der Waals surface area contributed by atoms with E-state index in [0.717, 1.165) is 28.1 Å². The van der Waals surface area contributed by atoms with E-state index in [0.29, 0.717) is 33.1 Å². The molecule has 4 aromatic rings. The van der Waals surface area contributed by atoms with Crippen LogP contribution in [-0.2, 0) is 13.1 Å². The quantitative estimate of drug-likeness (QED) is 0.290. The van der Waals surface area contributed by atoms with Crippen molar-refractivity contribution in [2.45, 2.75) is 40.8 Å². The van der Waals surface area contributed by atoms with Gasteiger partial charge < -0.3 is 9.88 Å². The highest BCUT2D eigenvalue weighted by Crippen LogP contribution is 2.40. The highest BCUT2D eigenvalue weighted by molar-refractivity contribution is 7.11. The predicted molar refractivity (Wildman–Crippen MR) is 140 cm³/mol. The Labute approximate surface area is 213 Å². The Hall–Kier alpha value is -4.27. The molecule has 180 valence electrons. The second-order valence-electron chi connectivity index (χ2n) is 8.58. The summed E-state index contributed by atoms with van der Waals surface area (Å²) in [5, 5.41) is 2.81. The predicted octanol–water partition coefficient (Wildman–Crippen LogP) is 7.06. The van der Waals surface area contributed by atoms with Crippen LogP contribution < -0.4 is 5.32 Å². The van der Waals surface area contributed by atoms with Crippen molar-refractivity contribution < 1.29 is 9.18 Å². The Morgan fingerprint density at radius 3 is 2.47 bits per heavy atom. The number of halogens is 1. The molecule has 0 aliphatic rings. The van der Waals surface area contributed by atoms with Gasteiger partial charge in [-0.15, -0.1) is 11.3 Å². The Bertz CT molecular complexity index is 1570. The van der Waals surface area contributed by atoms with Crippen molar-refractivity contribution >= 4 is 28.6 Å². The van der Waals surface area contributed by atoms with Crippen LogP contribution in [-0.4, -0.2) is 15.5 Å². The average molecular weight is 498 g/mol. The highest BCUT2D eigenvalue weighted by atomic mass is 32.1. The van der Waals surface area contributed by atoms with Crippen molar-refractivity contribution in [3.63, 3.8) is 0 Å². The van der Waals surface area contributed by atoms with Gasteiger partial charge in [-0.3, -0.25) is 4.79 Å². The standard InChI is InChI=1S/C28H24FN5OS/c1-16-11-21(9-10-24(16)30-5)25-18(3)34(19(4)26(25)31-6)14-22-8-7-20(12-23(22)29)13-32-28(35)27-17(2)33-15-36-27/h7-12,15H,13-14H2,1-4H3,(H,32,35). The molecule has 0 aliphatic carbocycles. The molecular weight excluding hydrogens is 473 g/mol. The van der Waals surface area contributed by atoms with E-state index in [4.69, 9.17) is 13.1 Å². The van der Waals surface area contributed by atoms with Crippen LogP contribution in [0.5, 0.6) is 0 Å². The molecule has 0 saturated heterocycles. The number of thiazole rings is 1. The zero-order valence-corrected chi connectivity index (χ0v) is 21.3. The number of aromatic nitrogens is 2. The normalized spacial score (nSPS) is 10.6. The molecule has 1 amide bonds. The highest BCUT2D eigenvalue weighted by Gasteiger charge is 2.21. The van der Waals surface area contributed by atoms with Crippen LogP contribution in [0.25, 0.3) is 20.8 Å². The molecule has 2 aromatic carbocycles. The van der Waals surface area contributed by atoms with E-state index in [9.17, 15) is 4.79 Å². The van der Waals surface area contributed by atoms with Crippen molar-refractivity contribution in [1.82, 2.24) is 14.9 Å². The van der Waals surface area contributed by atoms with Gasteiger partial charge in [-0.05, 0) is 50.5 Å². The molecule has 1 N–H and O–H groups in total. The summed E-state index contributed by atoms with van der Waals surface area (Å²) in [5.74, 6) is -0.594. The number of hydrogen-bond donors (Lipinski definition) is 1. The number of amides is 1. The molecule has 0 aliphatic heterocycles. The summed E-state index contributed by atoms with van der Waals surface area (Å²) in [6.45, 7) is 23.0. The summed E-state index contributed by atoms with van der Waals surface area (Å²) in [6.07, 6.45) is 0. The van der Waals surface area contributed by atoms with Gasteiger partial charge in [0.25, 0.3) is 5.91 Å². The number of hydrogen-bond acceptors (Lipinski definition) is 3. The Balaban J connectivity index is 1.59. The minimum absolute atomic E-state index is 0.209. The Morgan fingerprint density at radius 2 is 1.86 bits per heavy atom. The summed E-state index contributed by atoms with van der Waals surface area (Å²) >= 11 is 1.27. The van der Waals surface area contributed by atoms with Crippen molar-refractivity contribution in [2.75, 3.05) is 0 Å². The van der Waals surface area contributed by atoms with Crippen LogP contribution in [0.15, 0.2) is 41.9 Å². The van der Waals surface area contributed by atoms with E-state index in [1.165, 1.54) is 17.4 Å². The molecule has 2 aromatic heterocycles. The molecule has 6 nitrogen and oxygen atoms in total. The van der Waals surface area contributed by atoms with Gasteiger partial charge in [-0.2, -0.15) is 0 Å². The minimum atomic E-state index is -0.369. The van der Waals surface area contributed by atoms with Crippen LogP contribution in [0.4, 0.5) is 15.8 Å². The third-order valence-electron chi connectivity index (χ3n) is 6.32. The number of aryl methyl sites for hydroxylation is 2. The van der Waals surface area contributed by atoms with Crippen molar-refractivity contribution in [3.05, 3.63) is 109 Å². The average Bonchev–Trinajstić information content (AvgIpc) is 3.39. The lowest BCUT2D eigenvalue weighted by atomic mass is 10.0. The van der Waals surface area contributed by atoms with Gasteiger partial charge in [0.1, 0.15) is 10.7 Å². The number of benzene rings is 2. The summed E-state index contributed by atoms with van der Waals surface area (Å²) in [7, 11) is 0. The number of nitrogens with one attached hydrogen (secondary N) is 1. The maximum Gasteiger partial charge on any atom is 0.263 e. The first-order chi connectivity index (χ1) is 17.2. The zero-order valence-electron chi connectivity index (χ0n) is 20.4. The minimum Gasteiger partial charge on any atom is -0.355 e. The Kier molecular flexibility index (Phi) is 7.00. The number of carbonyl (C=O) groups is 1. The number of rotatable bonds is 6. The zero-order chi connectivity index (χ0) is 26.0. The molecular formula is C28H24FN5OS. The lowest BCUT2D eigenvalue weighted by Crippen LogP contribution is -2.22. The third kappa shape index (κ3) is 4.64. The van der Waals surface area contributed by atoms with Crippen LogP contribution in [0.3, 0.4) is 0 Å². The summed E-state index contributed by atoms with van der Waals surface area (Å²) in [5.41, 5.74) is 8.71. The summed E-state index contributed by atoms with van der Waals surface area (Å²) in [6, 6.07) is 10.5. The molecule has 0 atom stereocenters. The van der Waals surface area contributed by atoms with Gasteiger partial charge >= 0.3 is 0 Å². The van der Waals surface area contributed by atoms with Crippen molar-refractivity contribution in [2.24, 2.45) is 0 Å². The van der Waals surface area contributed by atoms with E-state index in [2.05, 4.69) is 20.0 Å². The SMILES string of the molecule is [C-]#[N+]c1ccc(-c2c([N+]#[C-])c(C)n(Cc3ccc(CNC(=O)c4scnc4C)cc3F)c2C)cc1C. The fourth-order valence-corrected chi connectivity index (χ4v) is 5.02. The lowest BCUT2D eigenvalue weighted by molar-refractivity contribution is 0.0954. The summed E-state index contributed by atoms with van der Waals surface area (Å²) < 4.78 is 17.0. The molecule has 0 unspecified atom stereocenters. The van der Waals surface area contributed by atoms with E-state index in [1.807, 2.05) is 37.5 Å². The topological polar surface area (TPSA) is 55.6 Å². The van der Waals surface area contributed by atoms with Gasteiger partial charge in [0.15, 0.2) is 5.69 Å². The first-order valence-electron chi connectivity index (χ1n) is 11.3. The molecule has 0 spiro atoms. The smallest absolute Gasteiger partial charge is 0.263 e. The molecule has 0 fully saturated rings. The first kappa shape index (κ1) is 24.8. The maximum atomic E-state index is 15.1. The van der Waals surface area contributed by atoms with E-state index >= 15 is 4.39 Å². The maximum absolute atomic E-state index is 15.1.